The van der Waals surface area contributed by atoms with E-state index in [0.717, 1.165) is 16.8 Å². The van der Waals surface area contributed by atoms with Crippen LogP contribution in [-0.2, 0) is 83.0 Å². The number of benzene rings is 3. The normalized spacial score (nSPS) is 21.9. The number of carbonyl (C=O) groups is 2. The molecule has 1 aromatic heterocycles. The van der Waals surface area contributed by atoms with Gasteiger partial charge in [0.25, 0.3) is 16.0 Å². The average Bonchev–Trinajstić information content (AvgIpc) is 0.797. The van der Waals surface area contributed by atoms with Gasteiger partial charge >= 0.3 is 58.6 Å². The van der Waals surface area contributed by atoms with E-state index in [0.29, 0.717) is 11.0 Å². The highest BCUT2D eigenvalue weighted by Crippen LogP contribution is 2.75. The topological polar surface area (TPSA) is 592 Å². The van der Waals surface area contributed by atoms with Crippen LogP contribution in [0.25, 0.3) is 16.7 Å². The van der Waals surface area contributed by atoms with Gasteiger partial charge in [-0.1, -0.05) is 25.0 Å². The molecule has 46 heteroatoms. The molecule has 94 heavy (non-hydrogen) atoms. The Bertz CT molecular complexity index is 4560. The molecule has 0 bridgehead atoms. The molecule has 0 saturated carbocycles. The van der Waals surface area contributed by atoms with Crippen molar-refractivity contribution >= 4 is 107 Å². The maximum Gasteiger partial charge on any atom is 0.490 e. The summed E-state index contributed by atoms with van der Waals surface area (Å²) in [7, 11) is -47.0. The minimum Gasteiger partial charge on any atom is -0.748 e. The van der Waals surface area contributed by atoms with E-state index in [2.05, 4.69) is 51.2 Å². The molecule has 0 aliphatic carbocycles. The van der Waals surface area contributed by atoms with Crippen LogP contribution in [0.1, 0.15) is 109 Å². The van der Waals surface area contributed by atoms with Crippen LogP contribution in [0.5, 0.6) is 11.5 Å². The molecule has 1 saturated heterocycles. The first-order valence-corrected chi connectivity index (χ1v) is 39.2. The van der Waals surface area contributed by atoms with Gasteiger partial charge in [-0.15, -0.1) is 0 Å². The number of aromatic nitrogens is 2. The average molecular weight is 1480 g/mol. The molecule has 14 N–H and O–H groups in total. The summed E-state index contributed by atoms with van der Waals surface area (Å²) in [5.74, 6) is -3.85. The number of hydrogen-bond acceptors (Lipinski definition) is 27. The number of nitrogens with one attached hydrogen (secondary N) is 3. The Morgan fingerprint density at radius 3 is 1.96 bits per heavy atom. The number of amides is 1. The molecule has 4 aliphatic heterocycles. The minimum atomic E-state index is -6.58. The van der Waals surface area contributed by atoms with Gasteiger partial charge in [0.1, 0.15) is 35.4 Å². The summed E-state index contributed by atoms with van der Waals surface area (Å²) in [6.07, 6.45) is 0.245. The van der Waals surface area contributed by atoms with E-state index in [1.54, 1.807) is 52.0 Å². The molecule has 0 radical (unpaired) electrons. The maximum atomic E-state index is 13.6. The predicted molar refractivity (Wildman–Crippen MR) is 321 cm³/mol. The van der Waals surface area contributed by atoms with Crippen molar-refractivity contribution in [2.75, 3.05) is 42.3 Å². The molecular formula is C48H60N6O32P6S2. The summed E-state index contributed by atoms with van der Waals surface area (Å²) in [5, 5.41) is 27.6. The largest absolute Gasteiger partial charge is 0.748 e. The fraction of sp³-hybridized carbons (Fsp3) is 0.396. The van der Waals surface area contributed by atoms with E-state index < -0.39 is 145 Å². The summed E-state index contributed by atoms with van der Waals surface area (Å²) in [5.41, 5.74) is 3.81. The van der Waals surface area contributed by atoms with Gasteiger partial charge in [-0.05, 0) is 79.8 Å². The number of rotatable bonds is 29. The van der Waals surface area contributed by atoms with Crippen molar-refractivity contribution in [3.05, 3.63) is 121 Å². The molecule has 6 unspecified atom stereocenters. The van der Waals surface area contributed by atoms with Gasteiger partial charge in [-0.3, -0.25) is 23.0 Å². The first-order chi connectivity index (χ1) is 43.1. The number of carboxylic acid groups (broad SMARTS) is 1. The number of nitrogens with zero attached hydrogens (tertiary/aromatic N) is 2. The summed E-state index contributed by atoms with van der Waals surface area (Å²) >= 11 is 0. The van der Waals surface area contributed by atoms with E-state index in [4.69, 9.17) is 15.2 Å². The third kappa shape index (κ3) is 19.9. The second kappa shape index (κ2) is 27.5. The van der Waals surface area contributed by atoms with Gasteiger partial charge in [-0.2, -0.15) is 35.0 Å². The summed E-state index contributed by atoms with van der Waals surface area (Å²) < 4.78 is 186. The molecule has 5 heterocycles. The second-order valence-corrected chi connectivity index (χ2v) is 34.5. The van der Waals surface area contributed by atoms with E-state index in [1.165, 1.54) is 30.3 Å². The van der Waals surface area contributed by atoms with Gasteiger partial charge in [-0.25, -0.2) is 50.4 Å². The number of anilines is 2. The number of phosphoric acid groups is 6. The number of phosphoric ester groups is 2. The van der Waals surface area contributed by atoms with Crippen molar-refractivity contribution < 1.29 is 148 Å². The van der Waals surface area contributed by atoms with E-state index in [1.807, 2.05) is 0 Å². The van der Waals surface area contributed by atoms with E-state index in [-0.39, 0.29) is 106 Å². The number of aromatic carboxylic acids is 1. The number of carboxylic acids is 1. The summed E-state index contributed by atoms with van der Waals surface area (Å²) in [6, 6.07) is 11.1. The number of fused-ring (bicyclic) bond motifs is 4. The van der Waals surface area contributed by atoms with Crippen molar-refractivity contribution in [3.63, 3.8) is 0 Å². The van der Waals surface area contributed by atoms with Gasteiger partial charge in [0.2, 0.25) is 5.36 Å². The van der Waals surface area contributed by atoms with E-state index >= 15 is 0 Å². The smallest absolute Gasteiger partial charge is 0.490 e. The number of unbranched alkanes of at least 4 members (excludes halogenated alkanes) is 3. The van der Waals surface area contributed by atoms with Crippen molar-refractivity contribution in [2.24, 2.45) is 0 Å². The zero-order valence-electron chi connectivity index (χ0n) is 49.0. The minimum absolute atomic E-state index is 0.00154. The highest BCUT2D eigenvalue weighted by molar-refractivity contribution is 7.86. The molecule has 516 valence electrons. The Labute approximate surface area is 531 Å². The lowest BCUT2D eigenvalue weighted by Crippen LogP contribution is -2.89. The zero-order valence-corrected chi connectivity index (χ0v) is 56.0. The monoisotopic (exact) mass is 1480 g/mol. The van der Waals surface area contributed by atoms with Gasteiger partial charge < -0.3 is 70.0 Å². The first kappa shape index (κ1) is 74.4. The van der Waals surface area contributed by atoms with Crippen LogP contribution in [-0.4, -0.2) is 141 Å². The Kier molecular flexibility index (Phi) is 21.8. The lowest BCUT2D eigenvalue weighted by atomic mass is 9.84. The Morgan fingerprint density at radius 2 is 1.36 bits per heavy atom. The Hall–Kier alpha value is -5.37. The number of aliphatic hydroxyl groups excluding tert-OH is 1. The number of hydrogen-bond donors (Lipinski definition) is 13. The van der Waals surface area contributed by atoms with Crippen molar-refractivity contribution in [1.29, 1.82) is 0 Å². The molecule has 1 amide bonds. The lowest BCUT2D eigenvalue weighted by molar-refractivity contribution is -0.568. The zero-order chi connectivity index (χ0) is 69.7. The third-order valence-corrected chi connectivity index (χ3v) is 24.1. The quantitative estimate of drug-likeness (QED) is 0.0185. The standard InChI is InChI=1S/C48H60N6O32P6S2/c1-47(2)21-27(24-93(72,73)74)30-16-33-38(18-35(30)52-47)80-39-19-36-31(28(25-94(75,76)77)22-48(3,4)53-36)17-34(39)43(33)29-10-9-26(15-32(29)45(57)58)44(56)50-12-7-5-6-8-14-78-87(60,61)82-89(64,65)84-91(68,69)86-92(70,71)85-90(66,67)83-88(62,63)79-23-40-37(55)20-42(81-40)54-13-11-41(49)51-46(54)59/h9-11,13,15-19,21-22,37,40,42,52,55H,5-8,12,14,20,23-25H2,1-4H3,(H,50,56)(H,57,58)(H,60,61)(H,62,63)(H,64,65)(H,66,67)(H,68,69)(H,70,71)(H2,49,51,59)(H,72,73,74)(H,75,76,77)/t37-,40+,42+/m0/s1. The number of nitrogens with two attached hydrogens (primary N) is 1. The molecule has 38 nitrogen and oxygen atoms in total. The number of ether oxygens (including phenoxy) is 2. The maximum absolute atomic E-state index is 13.6. The molecule has 4 aliphatic rings. The highest BCUT2D eigenvalue weighted by Gasteiger charge is 2.50. The summed E-state index contributed by atoms with van der Waals surface area (Å²) in [4.78, 5) is 105. The molecule has 8 rings (SSSR count). The highest BCUT2D eigenvalue weighted by atomic mass is 32.2. The Morgan fingerprint density at radius 1 is 0.766 bits per heavy atom. The predicted octanol–water partition coefficient (Wildman–Crippen LogP) is 2.13. The van der Waals surface area contributed by atoms with Crippen molar-refractivity contribution in [1.82, 2.24) is 14.9 Å². The number of nitrogen functional groups attached to an aromatic ring is 1. The molecule has 0 spiro atoms. The van der Waals surface area contributed by atoms with Crippen molar-refractivity contribution in [3.8, 4) is 11.5 Å². The van der Waals surface area contributed by atoms with Crippen LogP contribution in [0.15, 0.2) is 71.7 Å². The van der Waals surface area contributed by atoms with Crippen LogP contribution in [0.4, 0.5) is 11.5 Å². The molecular weight excluding hydrogens is 1420 g/mol. The summed E-state index contributed by atoms with van der Waals surface area (Å²) in [6.45, 7) is 5.09. The fourth-order valence-electron chi connectivity index (χ4n) is 10.2. The third-order valence-electron chi connectivity index (χ3n) is 13.5. The molecule has 4 aromatic rings. The SMILES string of the molecule is CC1(C)C=C(CS(=O)(=O)[O-])c2cc3c(cc2N1)Oc1cc2c(cc1=C3c1ccc(C(=O)NCCCCCCOP(=O)(O)OP(=O)(O)OP(=O)(O)OP(=O)(O)OP(=O)(O)OP(=O)(O)OC[C@H]3O[C@@H](n4ccc(N)nc4=O)C[C@@H]3O)cc1C(=O)O)C(CS(=O)(=O)O)=CC(C)(C)[NH+]=2. The first-order valence-electron chi connectivity index (χ1n) is 27.0. The second-order valence-electron chi connectivity index (χ2n) is 22.3. The molecule has 1 fully saturated rings. The van der Waals surface area contributed by atoms with Gasteiger partial charge in [0, 0.05) is 72.2 Å². The molecule has 3 aromatic carbocycles. The van der Waals surface area contributed by atoms with Crippen LogP contribution in [0, 0.1) is 0 Å². The van der Waals surface area contributed by atoms with Crippen LogP contribution in [0.3, 0.4) is 0 Å². The van der Waals surface area contributed by atoms with Crippen LogP contribution in [0.2, 0.25) is 0 Å². The van der Waals surface area contributed by atoms with Crippen LogP contribution < -0.4 is 42.4 Å². The lowest BCUT2D eigenvalue weighted by Gasteiger charge is -2.34. The fourth-order valence-corrected chi connectivity index (χ4v) is 19.3. The molecule has 9 atom stereocenters. The van der Waals surface area contributed by atoms with E-state index in [9.17, 15) is 107 Å². The van der Waals surface area contributed by atoms with Gasteiger partial charge in [0.05, 0.1) is 57.9 Å². The van der Waals surface area contributed by atoms with Crippen LogP contribution >= 0.6 is 46.9 Å². The number of aliphatic hydroxyl groups is 1. The Balaban J connectivity index is 0.857. The van der Waals surface area contributed by atoms with Gasteiger partial charge in [0.15, 0.2) is 5.54 Å². The van der Waals surface area contributed by atoms with Crippen molar-refractivity contribution in [2.45, 2.75) is 89.3 Å². The number of carbonyl (C=O) groups excluding carboxylic acids is 1.